The highest BCUT2D eigenvalue weighted by molar-refractivity contribution is 6.05. The van der Waals surface area contributed by atoms with E-state index in [9.17, 15) is 14.4 Å². The number of carbonyl (C=O) groups excluding carboxylic acids is 1. The van der Waals surface area contributed by atoms with E-state index in [4.69, 9.17) is 0 Å². The molecule has 0 fully saturated rings. The normalized spacial score (nSPS) is 10.9. The lowest BCUT2D eigenvalue weighted by Crippen LogP contribution is -2.21. The van der Waals surface area contributed by atoms with Crippen LogP contribution in [0, 0.1) is 0 Å². The smallest absolute Gasteiger partial charge is 0.272 e. The first-order chi connectivity index (χ1) is 8.63. The minimum absolute atomic E-state index is 0.166. The lowest BCUT2D eigenvalue weighted by molar-refractivity contribution is -0.111. The third-order valence-corrected chi connectivity index (χ3v) is 2.40. The number of carbonyl (C=O) groups is 1. The third-order valence-electron chi connectivity index (χ3n) is 2.40. The lowest BCUT2D eigenvalue weighted by Gasteiger charge is -2.05. The van der Waals surface area contributed by atoms with Gasteiger partial charge in [0.1, 0.15) is 0 Å². The van der Waals surface area contributed by atoms with Crippen molar-refractivity contribution in [2.75, 3.05) is 5.32 Å². The molecular weight excluding hydrogens is 234 g/mol. The maximum atomic E-state index is 11.7. The second kappa shape index (κ2) is 4.70. The second-order valence-electron chi connectivity index (χ2n) is 3.63. The molecule has 2 aromatic rings. The molecule has 92 valence electrons. The predicted molar refractivity (Wildman–Crippen MR) is 68.6 cm³/mol. The molecule has 0 spiro atoms. The van der Waals surface area contributed by atoms with Crippen molar-refractivity contribution in [1.29, 1.82) is 0 Å². The van der Waals surface area contributed by atoms with Crippen LogP contribution in [0.2, 0.25) is 0 Å². The summed E-state index contributed by atoms with van der Waals surface area (Å²) in [5.74, 6) is -0.357. The van der Waals surface area contributed by atoms with Gasteiger partial charge >= 0.3 is 0 Å². The number of hydrogen-bond donors (Lipinski definition) is 3. The molecule has 1 aromatic carbocycles. The minimum atomic E-state index is -0.457. The Hall–Kier alpha value is -2.63. The van der Waals surface area contributed by atoms with Gasteiger partial charge in [-0.25, -0.2) is 0 Å². The van der Waals surface area contributed by atoms with E-state index in [0.29, 0.717) is 5.69 Å². The highest BCUT2D eigenvalue weighted by Gasteiger charge is 2.09. The molecule has 1 aromatic heterocycles. The number of nitrogens with one attached hydrogen (secondary N) is 3. The highest BCUT2D eigenvalue weighted by atomic mass is 16.2. The summed E-state index contributed by atoms with van der Waals surface area (Å²) in [4.78, 5) is 34.7. The van der Waals surface area contributed by atoms with Crippen molar-refractivity contribution in [1.82, 2.24) is 10.2 Å². The van der Waals surface area contributed by atoms with Crippen molar-refractivity contribution in [2.45, 2.75) is 6.92 Å². The first-order valence-corrected chi connectivity index (χ1v) is 5.31. The Labute approximate surface area is 101 Å². The fourth-order valence-electron chi connectivity index (χ4n) is 1.66. The van der Waals surface area contributed by atoms with E-state index in [2.05, 4.69) is 15.5 Å². The molecule has 0 aliphatic heterocycles. The summed E-state index contributed by atoms with van der Waals surface area (Å²) < 4.78 is 0. The molecule has 1 amide bonds. The molecule has 3 N–H and O–H groups in total. The number of H-pyrrole nitrogens is 2. The Morgan fingerprint density at radius 3 is 2.67 bits per heavy atom. The van der Waals surface area contributed by atoms with Crippen LogP contribution in [-0.2, 0) is 4.79 Å². The number of aromatic amines is 2. The third kappa shape index (κ3) is 2.08. The second-order valence-corrected chi connectivity index (χ2v) is 3.63. The first kappa shape index (κ1) is 11.8. The van der Waals surface area contributed by atoms with Crippen molar-refractivity contribution < 1.29 is 4.79 Å². The standard InChI is InChI=1S/C12H11N3O3/c1-2-4-9(16)13-8-6-3-5-7-10(8)12(18)15-14-11(7)17/h2-6H,1H3,(H,13,16)(H,14,17)(H,15,18). The van der Waals surface area contributed by atoms with Crippen LogP contribution in [0.5, 0.6) is 0 Å². The molecule has 1 heterocycles. The lowest BCUT2D eigenvalue weighted by atomic mass is 10.1. The zero-order chi connectivity index (χ0) is 13.1. The van der Waals surface area contributed by atoms with Crippen LogP contribution >= 0.6 is 0 Å². The summed E-state index contributed by atoms with van der Waals surface area (Å²) in [6, 6.07) is 4.69. The Morgan fingerprint density at radius 1 is 1.22 bits per heavy atom. The number of aromatic nitrogens is 2. The molecule has 6 heteroatoms. The van der Waals surface area contributed by atoms with Crippen molar-refractivity contribution >= 4 is 22.4 Å². The summed E-state index contributed by atoms with van der Waals surface area (Å²) >= 11 is 0. The van der Waals surface area contributed by atoms with Crippen molar-refractivity contribution in [3.05, 3.63) is 51.1 Å². The van der Waals surface area contributed by atoms with E-state index in [1.54, 1.807) is 25.1 Å². The predicted octanol–water partition coefficient (Wildman–Crippen LogP) is 0.731. The van der Waals surface area contributed by atoms with E-state index in [1.807, 2.05) is 0 Å². The van der Waals surface area contributed by atoms with Gasteiger partial charge in [0.15, 0.2) is 0 Å². The van der Waals surface area contributed by atoms with Crippen molar-refractivity contribution in [3.8, 4) is 0 Å². The van der Waals surface area contributed by atoms with Crippen molar-refractivity contribution in [2.24, 2.45) is 0 Å². The number of hydrogen-bond acceptors (Lipinski definition) is 3. The average Bonchev–Trinajstić information content (AvgIpc) is 2.34. The summed E-state index contributed by atoms with van der Waals surface area (Å²) in [5, 5.41) is 7.41. The zero-order valence-corrected chi connectivity index (χ0v) is 9.61. The van der Waals surface area contributed by atoms with Crippen LogP contribution < -0.4 is 16.4 Å². The number of fused-ring (bicyclic) bond motifs is 1. The molecule has 18 heavy (non-hydrogen) atoms. The minimum Gasteiger partial charge on any atom is -0.322 e. The molecule has 0 saturated heterocycles. The van der Waals surface area contributed by atoms with Crippen LogP contribution in [0.25, 0.3) is 10.8 Å². The van der Waals surface area contributed by atoms with Gasteiger partial charge in [-0.2, -0.15) is 0 Å². The van der Waals surface area contributed by atoms with Gasteiger partial charge in [0, 0.05) is 0 Å². The maximum Gasteiger partial charge on any atom is 0.272 e. The quantitative estimate of drug-likeness (QED) is 0.681. The van der Waals surface area contributed by atoms with Gasteiger partial charge in [0.25, 0.3) is 11.1 Å². The van der Waals surface area contributed by atoms with Gasteiger partial charge < -0.3 is 5.32 Å². The van der Waals surface area contributed by atoms with Crippen LogP contribution in [0.15, 0.2) is 39.9 Å². The van der Waals surface area contributed by atoms with Gasteiger partial charge in [-0.3, -0.25) is 24.6 Å². The number of benzene rings is 1. The van der Waals surface area contributed by atoms with Gasteiger partial charge in [0.2, 0.25) is 5.91 Å². The van der Waals surface area contributed by atoms with E-state index in [1.165, 1.54) is 12.1 Å². The molecule has 0 atom stereocenters. The first-order valence-electron chi connectivity index (χ1n) is 5.31. The molecule has 0 unspecified atom stereocenters. The number of amides is 1. The van der Waals surface area contributed by atoms with Crippen LogP contribution in [0.4, 0.5) is 5.69 Å². The topological polar surface area (TPSA) is 94.8 Å². The highest BCUT2D eigenvalue weighted by Crippen LogP contribution is 2.16. The van der Waals surface area contributed by atoms with Crippen LogP contribution in [0.3, 0.4) is 0 Å². The molecule has 0 bridgehead atoms. The number of allylic oxidation sites excluding steroid dienone is 1. The summed E-state index contributed by atoms with van der Waals surface area (Å²) in [5.41, 5.74) is -0.560. The van der Waals surface area contributed by atoms with Crippen LogP contribution in [0.1, 0.15) is 6.92 Å². The zero-order valence-electron chi connectivity index (χ0n) is 9.61. The fourth-order valence-corrected chi connectivity index (χ4v) is 1.66. The Kier molecular flexibility index (Phi) is 3.09. The molecule has 0 radical (unpaired) electrons. The monoisotopic (exact) mass is 245 g/mol. The summed E-state index contributed by atoms with van der Waals surface area (Å²) in [7, 11) is 0. The maximum absolute atomic E-state index is 11.7. The number of anilines is 1. The summed E-state index contributed by atoms with van der Waals surface area (Å²) in [6.45, 7) is 1.71. The average molecular weight is 245 g/mol. The Morgan fingerprint density at radius 2 is 1.94 bits per heavy atom. The number of rotatable bonds is 2. The Bertz CT molecular complexity index is 740. The van der Waals surface area contributed by atoms with E-state index >= 15 is 0 Å². The molecule has 0 saturated carbocycles. The van der Waals surface area contributed by atoms with E-state index in [-0.39, 0.29) is 16.7 Å². The van der Waals surface area contributed by atoms with Gasteiger partial charge in [-0.1, -0.05) is 12.1 Å². The van der Waals surface area contributed by atoms with E-state index < -0.39 is 11.1 Å². The summed E-state index contributed by atoms with van der Waals surface area (Å²) in [6.07, 6.45) is 2.91. The van der Waals surface area contributed by atoms with Gasteiger partial charge in [-0.05, 0) is 25.1 Å². The SMILES string of the molecule is CC=CC(=O)Nc1cccc2c(=O)[nH][nH]c(=O)c12. The molecule has 6 nitrogen and oxygen atoms in total. The van der Waals surface area contributed by atoms with E-state index in [0.717, 1.165) is 0 Å². The van der Waals surface area contributed by atoms with Gasteiger partial charge in [-0.15, -0.1) is 0 Å². The molecule has 0 aliphatic rings. The Balaban J connectivity index is 2.66. The molecular formula is C12H11N3O3. The van der Waals surface area contributed by atoms with Gasteiger partial charge in [0.05, 0.1) is 16.5 Å². The fraction of sp³-hybridized carbons (Fsp3) is 0.0833. The van der Waals surface area contributed by atoms with Crippen LogP contribution in [-0.4, -0.2) is 16.1 Å². The largest absolute Gasteiger partial charge is 0.322 e. The van der Waals surface area contributed by atoms with Crippen molar-refractivity contribution in [3.63, 3.8) is 0 Å². The molecule has 2 rings (SSSR count). The molecule has 0 aliphatic carbocycles.